The van der Waals surface area contributed by atoms with E-state index < -0.39 is 34.8 Å². The summed E-state index contributed by atoms with van der Waals surface area (Å²) in [5.41, 5.74) is -0.816. The number of carbonyl (C=O) groups excluding carboxylic acids is 1. The molecule has 2 aromatic rings. The van der Waals surface area contributed by atoms with Crippen molar-refractivity contribution >= 4 is 29.3 Å². The molecule has 0 aliphatic carbocycles. The summed E-state index contributed by atoms with van der Waals surface area (Å²) >= 11 is 11.8. The monoisotopic (exact) mass is 542 g/mol. The molecule has 3 aliphatic rings. The molecule has 2 unspecified atom stereocenters. The summed E-state index contributed by atoms with van der Waals surface area (Å²) < 4.78 is 47.0. The predicted octanol–water partition coefficient (Wildman–Crippen LogP) is 4.72. The molecular weight excluding hydrogens is 517 g/mol. The summed E-state index contributed by atoms with van der Waals surface area (Å²) in [5, 5.41) is 7.84. The zero-order valence-corrected chi connectivity index (χ0v) is 21.0. The lowest BCUT2D eigenvalue weighted by atomic mass is 9.71. The molecule has 36 heavy (non-hydrogen) atoms. The van der Waals surface area contributed by atoms with Crippen molar-refractivity contribution in [3.8, 4) is 0 Å². The number of hydrogen-bond donors (Lipinski definition) is 0. The number of carbonyl (C=O) groups is 1. The first kappa shape index (κ1) is 25.4. The molecule has 1 aromatic heterocycles. The van der Waals surface area contributed by atoms with Crippen LogP contribution in [-0.4, -0.2) is 78.1 Å². The van der Waals surface area contributed by atoms with Crippen LogP contribution in [0.4, 0.5) is 13.6 Å². The van der Waals surface area contributed by atoms with Crippen LogP contribution in [-0.2, 0) is 15.4 Å². The maximum Gasteiger partial charge on any atom is 0.410 e. The summed E-state index contributed by atoms with van der Waals surface area (Å²) in [7, 11) is 0. The van der Waals surface area contributed by atoms with E-state index in [1.165, 1.54) is 18.2 Å². The molecule has 194 valence electrons. The van der Waals surface area contributed by atoms with Crippen LogP contribution in [0.2, 0.25) is 10.0 Å². The molecule has 3 aliphatic heterocycles. The van der Waals surface area contributed by atoms with Crippen LogP contribution in [0.25, 0.3) is 0 Å². The van der Waals surface area contributed by atoms with Gasteiger partial charge in [0.25, 0.3) is 5.89 Å². The minimum absolute atomic E-state index is 0.00203. The average Bonchev–Trinajstić information content (AvgIpc) is 3.58. The van der Waals surface area contributed by atoms with E-state index in [-0.39, 0.29) is 35.2 Å². The molecule has 0 radical (unpaired) electrons. The smallest absolute Gasteiger partial charge is 0.410 e. The Kier molecular flexibility index (Phi) is 6.97. The Hall–Kier alpha value is -2.27. The van der Waals surface area contributed by atoms with Crippen molar-refractivity contribution in [2.75, 3.05) is 45.9 Å². The number of alkyl halides is 2. The number of likely N-dealkylation sites (tertiary alicyclic amines) is 2. The van der Waals surface area contributed by atoms with E-state index in [2.05, 4.69) is 21.7 Å². The Labute approximate surface area is 217 Å². The highest BCUT2D eigenvalue weighted by Crippen LogP contribution is 2.50. The van der Waals surface area contributed by atoms with Crippen molar-refractivity contribution in [1.29, 1.82) is 0 Å². The lowest BCUT2D eigenvalue weighted by Crippen LogP contribution is -2.61. The Morgan fingerprint density at radius 3 is 2.78 bits per heavy atom. The van der Waals surface area contributed by atoms with E-state index in [4.69, 9.17) is 37.1 Å². The third-order valence-electron chi connectivity index (χ3n) is 7.08. The number of ether oxygens (including phenoxy) is 2. The maximum absolute atomic E-state index is 15.2. The molecule has 5 rings (SSSR count). The summed E-state index contributed by atoms with van der Waals surface area (Å²) in [6.07, 6.45) is 3.26. The lowest BCUT2D eigenvalue weighted by molar-refractivity contribution is -0.0395. The molecule has 1 amide bonds. The minimum atomic E-state index is -3.57. The molecular formula is C24H26Cl2F2N4O4. The molecule has 1 aromatic carbocycles. The first-order valence-electron chi connectivity index (χ1n) is 11.8. The van der Waals surface area contributed by atoms with E-state index in [0.29, 0.717) is 19.6 Å². The molecule has 2 atom stereocenters. The Balaban J connectivity index is 1.37. The fourth-order valence-corrected chi connectivity index (χ4v) is 5.65. The lowest BCUT2D eigenvalue weighted by Gasteiger charge is -2.50. The van der Waals surface area contributed by atoms with E-state index in [1.54, 1.807) is 4.90 Å². The first-order chi connectivity index (χ1) is 17.2. The van der Waals surface area contributed by atoms with Crippen molar-refractivity contribution in [2.24, 2.45) is 5.41 Å². The zero-order valence-electron chi connectivity index (χ0n) is 19.5. The van der Waals surface area contributed by atoms with Crippen LogP contribution in [0, 0.1) is 5.41 Å². The van der Waals surface area contributed by atoms with Crippen molar-refractivity contribution in [3.63, 3.8) is 0 Å². The first-order valence-corrected chi connectivity index (χ1v) is 12.5. The van der Waals surface area contributed by atoms with Gasteiger partial charge in [0.15, 0.2) is 0 Å². The standard InChI is InChI=1S/C24H26Cl2F2N4O4/c1-2-7-35-22(33)32-11-17(23(14-32)12-31(13-23)10-16-4-3-8-34-16)20-29-30-21(36-20)24(27,28)15-5-6-18(25)19(26)9-15/h2,5-6,9,16-17H,1,3-4,7-8,10-14H2. The van der Waals surface area contributed by atoms with E-state index in [0.717, 1.165) is 32.1 Å². The molecule has 3 saturated heterocycles. The summed E-state index contributed by atoms with van der Waals surface area (Å²) in [6, 6.07) is 3.54. The summed E-state index contributed by atoms with van der Waals surface area (Å²) in [4.78, 5) is 16.4. The summed E-state index contributed by atoms with van der Waals surface area (Å²) in [5.74, 6) is -4.76. The number of nitrogens with zero attached hydrogens (tertiary/aromatic N) is 4. The van der Waals surface area contributed by atoms with Crippen molar-refractivity contribution in [3.05, 3.63) is 58.2 Å². The quantitative estimate of drug-likeness (QED) is 0.468. The molecule has 0 bridgehead atoms. The van der Waals surface area contributed by atoms with E-state index in [1.807, 2.05) is 0 Å². The maximum atomic E-state index is 15.2. The van der Waals surface area contributed by atoms with E-state index in [9.17, 15) is 4.79 Å². The van der Waals surface area contributed by atoms with Crippen LogP contribution in [0.1, 0.15) is 36.1 Å². The highest BCUT2D eigenvalue weighted by atomic mass is 35.5. The number of rotatable bonds is 7. The number of hydrogen-bond acceptors (Lipinski definition) is 7. The Morgan fingerprint density at radius 2 is 2.08 bits per heavy atom. The molecule has 4 heterocycles. The van der Waals surface area contributed by atoms with Gasteiger partial charge >= 0.3 is 12.0 Å². The van der Waals surface area contributed by atoms with Gasteiger partial charge in [0.1, 0.15) is 6.61 Å². The van der Waals surface area contributed by atoms with Gasteiger partial charge < -0.3 is 18.8 Å². The van der Waals surface area contributed by atoms with Gasteiger partial charge in [-0.25, -0.2) is 4.79 Å². The second kappa shape index (κ2) is 9.89. The largest absolute Gasteiger partial charge is 0.445 e. The van der Waals surface area contributed by atoms with Crippen molar-refractivity contribution in [2.45, 2.75) is 30.8 Å². The van der Waals surface area contributed by atoms with Crippen LogP contribution in [0.15, 0.2) is 35.3 Å². The molecule has 8 nitrogen and oxygen atoms in total. The third-order valence-corrected chi connectivity index (χ3v) is 7.82. The van der Waals surface area contributed by atoms with Crippen LogP contribution < -0.4 is 0 Å². The SMILES string of the molecule is C=CCOC(=O)N1CC(c2nnc(C(F)(F)c3ccc(Cl)c(Cl)c3)o2)C2(CN(CC3CCCO3)C2)C1. The normalized spacial score (nSPS) is 23.7. The highest BCUT2D eigenvalue weighted by Gasteiger charge is 2.58. The number of halogens is 4. The summed E-state index contributed by atoms with van der Waals surface area (Å²) in [6.45, 7) is 7.15. The van der Waals surface area contributed by atoms with E-state index >= 15 is 8.78 Å². The van der Waals surface area contributed by atoms with Crippen LogP contribution >= 0.6 is 23.2 Å². The topological polar surface area (TPSA) is 80.9 Å². The molecule has 12 heteroatoms. The van der Waals surface area contributed by atoms with Gasteiger partial charge in [-0.15, -0.1) is 10.2 Å². The van der Waals surface area contributed by atoms with Crippen LogP contribution in [0.3, 0.4) is 0 Å². The number of aromatic nitrogens is 2. The third kappa shape index (κ3) is 4.71. The van der Waals surface area contributed by atoms with Crippen LogP contribution in [0.5, 0.6) is 0 Å². The molecule has 0 saturated carbocycles. The van der Waals surface area contributed by atoms with Gasteiger partial charge in [0.2, 0.25) is 5.89 Å². The van der Waals surface area contributed by atoms with Crippen molar-refractivity contribution in [1.82, 2.24) is 20.0 Å². The van der Waals surface area contributed by atoms with Gasteiger partial charge in [-0.1, -0.05) is 41.9 Å². The van der Waals surface area contributed by atoms with Gasteiger partial charge in [0.05, 0.1) is 22.1 Å². The number of benzene rings is 1. The van der Waals surface area contributed by atoms with Crippen molar-refractivity contribution < 1.29 is 27.5 Å². The Morgan fingerprint density at radius 1 is 1.28 bits per heavy atom. The highest BCUT2D eigenvalue weighted by molar-refractivity contribution is 6.42. The second-order valence-electron chi connectivity index (χ2n) is 9.61. The van der Waals surface area contributed by atoms with Gasteiger partial charge in [-0.05, 0) is 25.0 Å². The molecule has 0 N–H and O–H groups in total. The fraction of sp³-hybridized carbons (Fsp3) is 0.542. The predicted molar refractivity (Wildman–Crippen MR) is 127 cm³/mol. The fourth-order valence-electron chi connectivity index (χ4n) is 5.36. The van der Waals surface area contributed by atoms with Gasteiger partial charge in [-0.2, -0.15) is 8.78 Å². The minimum Gasteiger partial charge on any atom is -0.445 e. The second-order valence-corrected chi connectivity index (χ2v) is 10.4. The van der Waals surface area contributed by atoms with Gasteiger partial charge in [-0.3, -0.25) is 4.90 Å². The zero-order chi connectivity index (χ0) is 25.5. The molecule has 3 fully saturated rings. The molecule has 1 spiro atoms. The Bertz CT molecular complexity index is 1140. The number of amides is 1. The van der Waals surface area contributed by atoms with Gasteiger partial charge in [0, 0.05) is 50.3 Å². The average molecular weight is 543 g/mol.